The molecule has 2 N–H and O–H groups in total. The molecule has 2 aromatic heterocycles. The molecular formula is C30H31ClN6OS. The number of anilines is 3. The van der Waals surface area contributed by atoms with Crippen molar-refractivity contribution in [1.29, 1.82) is 0 Å². The summed E-state index contributed by atoms with van der Waals surface area (Å²) >= 11 is 11.6. The summed E-state index contributed by atoms with van der Waals surface area (Å²) in [7, 11) is 0. The van der Waals surface area contributed by atoms with Crippen LogP contribution in [0.5, 0.6) is 0 Å². The van der Waals surface area contributed by atoms with Crippen LogP contribution in [0.1, 0.15) is 36.7 Å². The number of fused-ring (bicyclic) bond motifs is 1. The van der Waals surface area contributed by atoms with E-state index >= 15 is 0 Å². The standard InChI is InChI=1S/C30H31ClN6OS/c1-20-5-4-14-36(17-20)27-15-28(37-18-22-6-2-3-7-23(22)19-37)34-29(33-27)35-30(39)32-16-25-12-13-26(38-25)21-8-10-24(31)11-9-21/h2-3,6-13,15,20H,4-5,14,16-19H2,1H3,(H2,32,33,34,35,39)/t20-/m1/s1. The number of benzene rings is 2. The fraction of sp³-hybridized carbons (Fsp3) is 0.300. The summed E-state index contributed by atoms with van der Waals surface area (Å²) in [5.74, 6) is 4.53. The SMILES string of the molecule is C[C@@H]1CCCN(c2cc(N3Cc4ccccc4C3)nc(NC(=S)NCc3ccc(-c4ccc(Cl)cc4)o3)n2)C1. The Balaban J connectivity index is 1.16. The molecule has 4 heterocycles. The number of nitrogens with one attached hydrogen (secondary N) is 2. The lowest BCUT2D eigenvalue weighted by Crippen LogP contribution is -2.35. The highest BCUT2D eigenvalue weighted by Gasteiger charge is 2.24. The highest BCUT2D eigenvalue weighted by Crippen LogP contribution is 2.31. The molecular weight excluding hydrogens is 528 g/mol. The molecule has 0 aliphatic carbocycles. The van der Waals surface area contributed by atoms with Gasteiger partial charge in [-0.05, 0) is 78.5 Å². The molecule has 39 heavy (non-hydrogen) atoms. The fourth-order valence-corrected chi connectivity index (χ4v) is 5.54. The molecule has 0 unspecified atom stereocenters. The maximum Gasteiger partial charge on any atom is 0.232 e. The smallest absolute Gasteiger partial charge is 0.232 e. The van der Waals surface area contributed by atoms with Crippen LogP contribution >= 0.6 is 23.8 Å². The van der Waals surface area contributed by atoms with Gasteiger partial charge in [0.05, 0.1) is 6.54 Å². The van der Waals surface area contributed by atoms with Gasteiger partial charge < -0.3 is 24.9 Å². The second kappa shape index (κ2) is 11.2. The summed E-state index contributed by atoms with van der Waals surface area (Å²) < 4.78 is 6.00. The van der Waals surface area contributed by atoms with Gasteiger partial charge in [0.25, 0.3) is 0 Å². The highest BCUT2D eigenvalue weighted by atomic mass is 35.5. The number of hydrogen-bond acceptors (Lipinski definition) is 6. The molecule has 0 saturated carbocycles. The Hall–Kier alpha value is -3.62. The van der Waals surface area contributed by atoms with Crippen molar-refractivity contribution in [2.24, 2.45) is 5.92 Å². The monoisotopic (exact) mass is 558 g/mol. The lowest BCUT2D eigenvalue weighted by atomic mass is 10.0. The van der Waals surface area contributed by atoms with Gasteiger partial charge in [0.2, 0.25) is 5.95 Å². The van der Waals surface area contributed by atoms with E-state index in [0.29, 0.717) is 28.5 Å². The van der Waals surface area contributed by atoms with Crippen LogP contribution in [-0.4, -0.2) is 28.2 Å². The van der Waals surface area contributed by atoms with Gasteiger partial charge in [-0.3, -0.25) is 0 Å². The van der Waals surface area contributed by atoms with Crippen LogP contribution in [0.25, 0.3) is 11.3 Å². The summed E-state index contributed by atoms with van der Waals surface area (Å²) in [5.41, 5.74) is 3.65. The number of piperidine rings is 1. The predicted octanol–water partition coefficient (Wildman–Crippen LogP) is 6.63. The first-order chi connectivity index (χ1) is 19.0. The van der Waals surface area contributed by atoms with Crippen molar-refractivity contribution in [3.8, 4) is 11.3 Å². The van der Waals surface area contributed by atoms with E-state index in [0.717, 1.165) is 54.9 Å². The normalized spacial score (nSPS) is 16.7. The maximum absolute atomic E-state index is 6.01. The Morgan fingerprint density at radius 2 is 1.72 bits per heavy atom. The molecule has 1 atom stereocenters. The van der Waals surface area contributed by atoms with Crippen molar-refractivity contribution < 1.29 is 4.42 Å². The molecule has 0 bridgehead atoms. The third kappa shape index (κ3) is 6.02. The Labute approximate surface area is 239 Å². The van der Waals surface area contributed by atoms with Crippen molar-refractivity contribution >= 4 is 46.5 Å². The van der Waals surface area contributed by atoms with Gasteiger partial charge in [0.1, 0.15) is 23.2 Å². The maximum atomic E-state index is 6.01. The quantitative estimate of drug-likeness (QED) is 0.255. The zero-order valence-electron chi connectivity index (χ0n) is 21.9. The second-order valence-corrected chi connectivity index (χ2v) is 11.2. The second-order valence-electron chi connectivity index (χ2n) is 10.3. The molecule has 200 valence electrons. The molecule has 1 fully saturated rings. The van der Waals surface area contributed by atoms with Crippen molar-refractivity contribution in [3.63, 3.8) is 0 Å². The molecule has 2 aromatic carbocycles. The molecule has 6 rings (SSSR count). The van der Waals surface area contributed by atoms with E-state index < -0.39 is 0 Å². The Bertz CT molecular complexity index is 1450. The molecule has 0 amide bonds. The minimum Gasteiger partial charge on any atom is -0.459 e. The van der Waals surface area contributed by atoms with E-state index in [1.54, 1.807) is 0 Å². The van der Waals surface area contributed by atoms with Crippen LogP contribution in [0, 0.1) is 5.92 Å². The van der Waals surface area contributed by atoms with Gasteiger partial charge in [-0.1, -0.05) is 42.8 Å². The molecule has 2 aliphatic rings. The minimum absolute atomic E-state index is 0.442. The number of thiocarbonyl (C=S) groups is 1. The van der Waals surface area contributed by atoms with Crippen molar-refractivity contribution in [1.82, 2.24) is 15.3 Å². The number of furan rings is 1. The lowest BCUT2D eigenvalue weighted by Gasteiger charge is -2.32. The molecule has 2 aliphatic heterocycles. The zero-order valence-corrected chi connectivity index (χ0v) is 23.4. The molecule has 7 nitrogen and oxygen atoms in total. The highest BCUT2D eigenvalue weighted by molar-refractivity contribution is 7.80. The van der Waals surface area contributed by atoms with Gasteiger partial charge in [-0.25, -0.2) is 0 Å². The number of halogens is 1. The largest absolute Gasteiger partial charge is 0.459 e. The van der Waals surface area contributed by atoms with Gasteiger partial charge in [-0.2, -0.15) is 9.97 Å². The van der Waals surface area contributed by atoms with Gasteiger partial charge in [0, 0.05) is 42.8 Å². The van der Waals surface area contributed by atoms with Crippen molar-refractivity contribution in [2.45, 2.75) is 39.4 Å². The fourth-order valence-electron chi connectivity index (χ4n) is 5.25. The minimum atomic E-state index is 0.442. The Morgan fingerprint density at radius 1 is 1.00 bits per heavy atom. The van der Waals surface area contributed by atoms with Crippen molar-refractivity contribution in [2.75, 3.05) is 28.2 Å². The first kappa shape index (κ1) is 25.6. The van der Waals surface area contributed by atoms with Crippen LogP contribution in [-0.2, 0) is 19.6 Å². The lowest BCUT2D eigenvalue weighted by molar-refractivity contribution is 0.444. The number of rotatable bonds is 6. The predicted molar refractivity (Wildman–Crippen MR) is 161 cm³/mol. The molecule has 9 heteroatoms. The van der Waals surface area contributed by atoms with Crippen LogP contribution in [0.4, 0.5) is 17.6 Å². The molecule has 4 aromatic rings. The average molecular weight is 559 g/mol. The molecule has 0 spiro atoms. The number of aromatic nitrogens is 2. The van der Waals surface area contributed by atoms with E-state index in [4.69, 9.17) is 38.2 Å². The Kier molecular flexibility index (Phi) is 7.39. The number of nitrogens with zero attached hydrogens (tertiary/aromatic N) is 4. The average Bonchev–Trinajstić information content (AvgIpc) is 3.60. The first-order valence-corrected chi connectivity index (χ1v) is 14.1. The third-order valence-corrected chi connectivity index (χ3v) is 7.78. The van der Waals surface area contributed by atoms with E-state index in [9.17, 15) is 0 Å². The summed E-state index contributed by atoms with van der Waals surface area (Å²) in [6.07, 6.45) is 2.42. The summed E-state index contributed by atoms with van der Waals surface area (Å²) in [6.45, 7) is 6.40. The summed E-state index contributed by atoms with van der Waals surface area (Å²) in [4.78, 5) is 14.4. The van der Waals surface area contributed by atoms with Gasteiger partial charge in [0.15, 0.2) is 5.11 Å². The van der Waals surface area contributed by atoms with Gasteiger partial charge in [-0.15, -0.1) is 0 Å². The summed E-state index contributed by atoms with van der Waals surface area (Å²) in [5, 5.41) is 7.59. The molecule has 1 saturated heterocycles. The topological polar surface area (TPSA) is 69.5 Å². The van der Waals surface area contributed by atoms with Crippen LogP contribution in [0.15, 0.2) is 71.1 Å². The summed E-state index contributed by atoms with van der Waals surface area (Å²) in [6, 6.07) is 22.2. The van der Waals surface area contributed by atoms with Crippen LogP contribution < -0.4 is 20.4 Å². The van der Waals surface area contributed by atoms with Crippen LogP contribution in [0.3, 0.4) is 0 Å². The zero-order chi connectivity index (χ0) is 26.8. The van der Waals surface area contributed by atoms with E-state index in [2.05, 4.69) is 57.7 Å². The van der Waals surface area contributed by atoms with Crippen LogP contribution in [0.2, 0.25) is 5.02 Å². The molecule has 0 radical (unpaired) electrons. The van der Waals surface area contributed by atoms with Crippen molar-refractivity contribution in [3.05, 3.63) is 88.6 Å². The number of hydrogen-bond donors (Lipinski definition) is 2. The Morgan fingerprint density at radius 3 is 2.44 bits per heavy atom. The van der Waals surface area contributed by atoms with Gasteiger partial charge >= 0.3 is 0 Å². The first-order valence-electron chi connectivity index (χ1n) is 13.4. The van der Waals surface area contributed by atoms with E-state index in [1.807, 2.05) is 36.4 Å². The van der Waals surface area contributed by atoms with E-state index in [1.165, 1.54) is 24.0 Å². The third-order valence-electron chi connectivity index (χ3n) is 7.28. The van der Waals surface area contributed by atoms with E-state index in [-0.39, 0.29) is 0 Å².